The molecule has 112 valence electrons. The third kappa shape index (κ3) is 2.53. The molecular formula is C10H3ClF5N3O2. The molecule has 2 aromatic rings. The van der Waals surface area contributed by atoms with Gasteiger partial charge in [0.2, 0.25) is 10.8 Å². The Morgan fingerprint density at radius 1 is 1.24 bits per heavy atom. The van der Waals surface area contributed by atoms with Crippen molar-refractivity contribution >= 4 is 17.3 Å². The molecule has 0 saturated heterocycles. The lowest BCUT2D eigenvalue weighted by Crippen LogP contribution is -2.01. The summed E-state index contributed by atoms with van der Waals surface area (Å²) in [6.07, 6.45) is -3.33. The summed E-state index contributed by atoms with van der Waals surface area (Å²) >= 11 is 5.53. The van der Waals surface area contributed by atoms with Gasteiger partial charge < -0.3 is 0 Å². The molecule has 0 aliphatic heterocycles. The van der Waals surface area contributed by atoms with E-state index < -0.39 is 51.0 Å². The molecule has 0 atom stereocenters. The molecule has 1 aromatic carbocycles. The van der Waals surface area contributed by atoms with Crippen LogP contribution in [0.2, 0.25) is 5.15 Å². The highest BCUT2D eigenvalue weighted by Crippen LogP contribution is 2.36. The summed E-state index contributed by atoms with van der Waals surface area (Å²) in [4.78, 5) is 9.50. The second-order valence-corrected chi connectivity index (χ2v) is 4.08. The minimum Gasteiger partial charge on any atom is -0.258 e. The molecule has 2 rings (SSSR count). The molecule has 1 aromatic heterocycles. The second kappa shape index (κ2) is 5.28. The number of benzene rings is 1. The van der Waals surface area contributed by atoms with Gasteiger partial charge in [0.1, 0.15) is 0 Å². The van der Waals surface area contributed by atoms with Gasteiger partial charge in [-0.25, -0.2) is 26.6 Å². The zero-order chi connectivity index (χ0) is 15.9. The van der Waals surface area contributed by atoms with Gasteiger partial charge in [-0.3, -0.25) is 10.1 Å². The Bertz CT molecular complexity index is 711. The minimum absolute atomic E-state index is 0.326. The second-order valence-electron chi connectivity index (χ2n) is 3.72. The van der Waals surface area contributed by atoms with Gasteiger partial charge in [-0.15, -0.1) is 0 Å². The molecule has 0 radical (unpaired) electrons. The lowest BCUT2D eigenvalue weighted by atomic mass is 10.3. The van der Waals surface area contributed by atoms with Gasteiger partial charge in [-0.1, -0.05) is 11.6 Å². The van der Waals surface area contributed by atoms with E-state index in [4.69, 9.17) is 11.6 Å². The first kappa shape index (κ1) is 15.2. The Labute approximate surface area is 117 Å². The summed E-state index contributed by atoms with van der Waals surface area (Å²) in [5, 5.41) is 13.0. The number of hydrogen-bond donors (Lipinski definition) is 0. The van der Waals surface area contributed by atoms with E-state index in [-0.39, 0.29) is 0 Å². The topological polar surface area (TPSA) is 61.0 Å². The third-order valence-electron chi connectivity index (χ3n) is 2.43. The largest absolute Gasteiger partial charge is 0.335 e. The van der Waals surface area contributed by atoms with Crippen LogP contribution in [0, 0.1) is 27.6 Å². The molecule has 21 heavy (non-hydrogen) atoms. The zero-order valence-electron chi connectivity index (χ0n) is 9.66. The number of alkyl halides is 2. The van der Waals surface area contributed by atoms with Crippen molar-refractivity contribution in [3.8, 4) is 5.69 Å². The number of halogens is 6. The fourth-order valence-electron chi connectivity index (χ4n) is 1.56. The molecule has 1 heterocycles. The van der Waals surface area contributed by atoms with Crippen LogP contribution >= 0.6 is 11.6 Å². The molecule has 0 unspecified atom stereocenters. The number of nitro groups is 1. The molecule has 0 aliphatic carbocycles. The van der Waals surface area contributed by atoms with E-state index in [1.54, 1.807) is 0 Å². The van der Waals surface area contributed by atoms with Crippen molar-refractivity contribution in [2.45, 2.75) is 6.43 Å². The maximum absolute atomic E-state index is 13.1. The van der Waals surface area contributed by atoms with E-state index in [0.29, 0.717) is 16.8 Å². The van der Waals surface area contributed by atoms with Crippen LogP contribution < -0.4 is 0 Å². The zero-order valence-corrected chi connectivity index (χ0v) is 10.4. The summed E-state index contributed by atoms with van der Waals surface area (Å²) in [5.41, 5.74) is -3.04. The lowest BCUT2D eigenvalue weighted by molar-refractivity contribution is -0.386. The van der Waals surface area contributed by atoms with Crippen molar-refractivity contribution in [3.05, 3.63) is 50.5 Å². The Balaban J connectivity index is 2.71. The average Bonchev–Trinajstić information content (AvgIpc) is 2.73. The molecular weight excluding hydrogens is 325 g/mol. The van der Waals surface area contributed by atoms with Crippen LogP contribution in [0.25, 0.3) is 5.69 Å². The molecule has 0 saturated carbocycles. The average molecular weight is 328 g/mol. The number of rotatable bonds is 3. The number of hydrogen-bond acceptors (Lipinski definition) is 3. The predicted octanol–water partition coefficient (Wildman–Crippen LogP) is 3.79. The van der Waals surface area contributed by atoms with Crippen LogP contribution in [0.1, 0.15) is 12.1 Å². The van der Waals surface area contributed by atoms with Crippen LogP contribution in [0.4, 0.5) is 27.6 Å². The van der Waals surface area contributed by atoms with Crippen LogP contribution in [0.5, 0.6) is 0 Å². The fourth-order valence-corrected chi connectivity index (χ4v) is 1.86. The van der Waals surface area contributed by atoms with Gasteiger partial charge in [-0.2, -0.15) is 5.10 Å². The monoisotopic (exact) mass is 327 g/mol. The Kier molecular flexibility index (Phi) is 3.81. The van der Waals surface area contributed by atoms with Crippen LogP contribution in [0.3, 0.4) is 0 Å². The molecule has 5 nitrogen and oxygen atoms in total. The maximum atomic E-state index is 13.1. The van der Waals surface area contributed by atoms with Crippen LogP contribution in [0.15, 0.2) is 12.1 Å². The Morgan fingerprint density at radius 2 is 1.76 bits per heavy atom. The first-order valence-corrected chi connectivity index (χ1v) is 5.47. The van der Waals surface area contributed by atoms with E-state index in [0.717, 1.165) is 0 Å². The highest BCUT2D eigenvalue weighted by Gasteiger charge is 2.33. The minimum atomic E-state index is -3.33. The van der Waals surface area contributed by atoms with E-state index in [1.165, 1.54) is 0 Å². The molecule has 0 spiro atoms. The molecule has 0 N–H and O–H groups in total. The molecule has 0 bridgehead atoms. The van der Waals surface area contributed by atoms with Crippen molar-refractivity contribution in [1.82, 2.24) is 9.78 Å². The van der Waals surface area contributed by atoms with Gasteiger partial charge >= 0.3 is 5.69 Å². The van der Waals surface area contributed by atoms with Crippen molar-refractivity contribution in [1.29, 1.82) is 0 Å². The quantitative estimate of drug-likeness (QED) is 0.373. The van der Waals surface area contributed by atoms with Crippen molar-refractivity contribution in [2.24, 2.45) is 0 Å². The molecule has 0 aliphatic rings. The predicted molar refractivity (Wildman–Crippen MR) is 60.1 cm³/mol. The molecule has 0 amide bonds. The smallest absolute Gasteiger partial charge is 0.258 e. The van der Waals surface area contributed by atoms with Gasteiger partial charge in [0.05, 0.1) is 10.6 Å². The lowest BCUT2D eigenvalue weighted by Gasteiger charge is -2.04. The third-order valence-corrected chi connectivity index (χ3v) is 2.77. The SMILES string of the molecule is O=[N+]([O-])c1c(C(F)F)nn(-c2cc(F)c(F)c(F)c2)c1Cl. The Morgan fingerprint density at radius 3 is 2.14 bits per heavy atom. The summed E-state index contributed by atoms with van der Waals surface area (Å²) in [6.45, 7) is 0. The first-order valence-electron chi connectivity index (χ1n) is 5.10. The maximum Gasteiger partial charge on any atom is 0.335 e. The summed E-state index contributed by atoms with van der Waals surface area (Å²) in [6, 6.07) is 0.826. The van der Waals surface area contributed by atoms with E-state index in [9.17, 15) is 32.1 Å². The van der Waals surface area contributed by atoms with Gasteiger partial charge in [0.15, 0.2) is 17.5 Å². The summed E-state index contributed by atoms with van der Waals surface area (Å²) in [5.74, 6) is -5.04. The van der Waals surface area contributed by atoms with Crippen LogP contribution in [-0.2, 0) is 0 Å². The summed E-state index contributed by atoms with van der Waals surface area (Å²) < 4.78 is 64.7. The first-order chi connectivity index (χ1) is 9.73. The Hall–Kier alpha value is -2.23. The van der Waals surface area contributed by atoms with Crippen LogP contribution in [-0.4, -0.2) is 14.7 Å². The van der Waals surface area contributed by atoms with Gasteiger partial charge in [0.25, 0.3) is 6.43 Å². The van der Waals surface area contributed by atoms with Crippen molar-refractivity contribution in [2.75, 3.05) is 0 Å². The molecule has 0 fully saturated rings. The van der Waals surface area contributed by atoms with E-state index >= 15 is 0 Å². The summed E-state index contributed by atoms with van der Waals surface area (Å²) in [7, 11) is 0. The molecule has 11 heteroatoms. The van der Waals surface area contributed by atoms with Gasteiger partial charge in [-0.05, 0) is 0 Å². The van der Waals surface area contributed by atoms with Crippen molar-refractivity contribution < 1.29 is 26.9 Å². The highest BCUT2D eigenvalue weighted by molar-refractivity contribution is 6.32. The van der Waals surface area contributed by atoms with Crippen molar-refractivity contribution in [3.63, 3.8) is 0 Å². The fraction of sp³-hybridized carbons (Fsp3) is 0.100. The standard InChI is InChI=1S/C10H3ClF5N3O2/c11-9-8(19(20)21)7(10(15)16)17-18(9)3-1-4(12)6(14)5(13)2-3/h1-2,10H. The normalized spacial score (nSPS) is 11.2. The number of aromatic nitrogens is 2. The van der Waals surface area contributed by atoms with E-state index in [1.807, 2.05) is 0 Å². The van der Waals surface area contributed by atoms with E-state index in [2.05, 4.69) is 5.10 Å². The highest BCUT2D eigenvalue weighted by atomic mass is 35.5. The number of nitrogens with zero attached hydrogens (tertiary/aromatic N) is 3. The van der Waals surface area contributed by atoms with Gasteiger partial charge in [0, 0.05) is 12.1 Å².